The summed E-state index contributed by atoms with van der Waals surface area (Å²) in [6.07, 6.45) is 0. The first kappa shape index (κ1) is 29.7. The van der Waals surface area contributed by atoms with Gasteiger partial charge in [-0.1, -0.05) is 140 Å². The van der Waals surface area contributed by atoms with Crippen LogP contribution in [0.5, 0.6) is 0 Å². The molecule has 4 nitrogen and oxygen atoms in total. The standard InChI is InChI=1S/C34H39NO3SSi/c1-26-21-23-28(24-22-26)39(37)35-31(32(33(36)38-5)27-15-9-6-10-16-27)25-40(34(2,3)4,29-17-11-7-12-18-29)30-19-13-8-14-20-30/h6-24,31-32,35H,25H2,1-5H3/t31-,32+,39?/m0/s1. The van der Waals surface area contributed by atoms with E-state index in [4.69, 9.17) is 4.74 Å². The van der Waals surface area contributed by atoms with E-state index in [-0.39, 0.29) is 11.0 Å². The third-order valence-corrected chi connectivity index (χ3v) is 15.3. The van der Waals surface area contributed by atoms with E-state index in [1.165, 1.54) is 17.5 Å². The van der Waals surface area contributed by atoms with Gasteiger partial charge in [-0.05, 0) is 35.7 Å². The van der Waals surface area contributed by atoms with Gasteiger partial charge in [-0.3, -0.25) is 4.79 Å². The third kappa shape index (κ3) is 6.35. The van der Waals surface area contributed by atoms with Crippen molar-refractivity contribution >= 4 is 35.4 Å². The number of hydrogen-bond donors (Lipinski definition) is 1. The Labute approximate surface area is 242 Å². The number of esters is 1. The normalized spacial score (nSPS) is 14.2. The summed E-state index contributed by atoms with van der Waals surface area (Å²) in [5, 5.41) is 2.41. The number of nitrogens with one attached hydrogen (secondary N) is 1. The molecule has 40 heavy (non-hydrogen) atoms. The fourth-order valence-corrected chi connectivity index (χ4v) is 12.6. The van der Waals surface area contributed by atoms with Crippen molar-refractivity contribution in [1.29, 1.82) is 0 Å². The molecular formula is C34H39NO3SSi. The van der Waals surface area contributed by atoms with Crippen molar-refractivity contribution in [2.24, 2.45) is 0 Å². The van der Waals surface area contributed by atoms with Gasteiger partial charge in [-0.15, -0.1) is 0 Å². The molecule has 0 saturated heterocycles. The predicted octanol–water partition coefficient (Wildman–Crippen LogP) is 6.00. The molecule has 0 amide bonds. The van der Waals surface area contributed by atoms with Crippen LogP contribution in [0.4, 0.5) is 0 Å². The number of carbonyl (C=O) groups is 1. The second-order valence-electron chi connectivity index (χ2n) is 11.3. The molecule has 1 N–H and O–H groups in total. The van der Waals surface area contributed by atoms with Crippen LogP contribution in [0.1, 0.15) is 37.8 Å². The second kappa shape index (κ2) is 12.9. The Balaban J connectivity index is 1.93. The molecule has 0 radical (unpaired) electrons. The lowest BCUT2D eigenvalue weighted by Gasteiger charge is -2.47. The lowest BCUT2D eigenvalue weighted by molar-refractivity contribution is -0.142. The Hall–Kier alpha value is -3.32. The number of ether oxygens (including phenoxy) is 1. The molecule has 0 heterocycles. The molecule has 0 fully saturated rings. The van der Waals surface area contributed by atoms with Gasteiger partial charge in [0.25, 0.3) is 0 Å². The minimum Gasteiger partial charge on any atom is -0.469 e. The summed E-state index contributed by atoms with van der Waals surface area (Å²) in [4.78, 5) is 14.3. The molecule has 4 aromatic carbocycles. The van der Waals surface area contributed by atoms with Gasteiger partial charge in [0, 0.05) is 6.04 Å². The van der Waals surface area contributed by atoms with Crippen LogP contribution in [-0.2, 0) is 20.5 Å². The Kier molecular flexibility index (Phi) is 9.56. The fourth-order valence-electron chi connectivity index (χ4n) is 5.76. The molecule has 0 aliphatic rings. The van der Waals surface area contributed by atoms with Crippen LogP contribution >= 0.6 is 0 Å². The lowest BCUT2D eigenvalue weighted by atomic mass is 9.93. The Morgan fingerprint density at radius 3 is 1.73 bits per heavy atom. The average Bonchev–Trinajstić information content (AvgIpc) is 2.96. The Bertz CT molecular complexity index is 1370. The highest BCUT2D eigenvalue weighted by molar-refractivity contribution is 7.83. The first-order valence-corrected chi connectivity index (χ1v) is 17.0. The van der Waals surface area contributed by atoms with Crippen molar-refractivity contribution < 1.29 is 13.7 Å². The molecule has 4 rings (SSSR count). The smallest absolute Gasteiger partial charge is 0.314 e. The van der Waals surface area contributed by atoms with E-state index in [1.54, 1.807) is 0 Å². The van der Waals surface area contributed by atoms with Crippen molar-refractivity contribution in [3.8, 4) is 0 Å². The lowest BCUT2D eigenvalue weighted by Crippen LogP contribution is -2.67. The van der Waals surface area contributed by atoms with Crippen molar-refractivity contribution in [3.63, 3.8) is 0 Å². The van der Waals surface area contributed by atoms with Crippen molar-refractivity contribution in [2.75, 3.05) is 7.11 Å². The van der Waals surface area contributed by atoms with Crippen LogP contribution in [0.25, 0.3) is 0 Å². The Morgan fingerprint density at radius 2 is 1.27 bits per heavy atom. The summed E-state index contributed by atoms with van der Waals surface area (Å²) in [6.45, 7) is 8.89. The van der Waals surface area contributed by atoms with E-state index >= 15 is 0 Å². The van der Waals surface area contributed by atoms with Gasteiger partial charge >= 0.3 is 5.97 Å². The number of benzene rings is 4. The van der Waals surface area contributed by atoms with Crippen LogP contribution in [-0.4, -0.2) is 31.4 Å². The number of aryl methyl sites for hydroxylation is 1. The van der Waals surface area contributed by atoms with Crippen LogP contribution < -0.4 is 15.1 Å². The molecule has 0 spiro atoms. The van der Waals surface area contributed by atoms with Gasteiger partial charge in [0.2, 0.25) is 0 Å². The second-order valence-corrected chi connectivity index (χ2v) is 17.4. The molecule has 3 atom stereocenters. The molecule has 0 saturated carbocycles. The summed E-state index contributed by atoms with van der Waals surface area (Å²) in [5.74, 6) is -0.996. The monoisotopic (exact) mass is 569 g/mol. The Morgan fingerprint density at radius 1 is 0.800 bits per heavy atom. The minimum atomic E-state index is -2.65. The van der Waals surface area contributed by atoms with E-state index < -0.39 is 31.0 Å². The molecule has 6 heteroatoms. The highest BCUT2D eigenvalue weighted by Gasteiger charge is 2.51. The molecule has 0 aromatic heterocycles. The van der Waals surface area contributed by atoms with Gasteiger partial charge in [-0.25, -0.2) is 8.93 Å². The summed E-state index contributed by atoms with van der Waals surface area (Å²) in [7, 11) is -2.77. The summed E-state index contributed by atoms with van der Waals surface area (Å²) in [6, 6.07) is 38.9. The van der Waals surface area contributed by atoms with Crippen LogP contribution in [0.3, 0.4) is 0 Å². The maximum absolute atomic E-state index is 13.9. The summed E-state index contributed by atoms with van der Waals surface area (Å²) in [5.41, 5.74) is 1.94. The van der Waals surface area contributed by atoms with E-state index in [0.717, 1.165) is 11.1 Å². The highest BCUT2D eigenvalue weighted by atomic mass is 32.2. The minimum absolute atomic E-state index is 0.141. The topological polar surface area (TPSA) is 55.4 Å². The van der Waals surface area contributed by atoms with E-state index in [0.29, 0.717) is 10.9 Å². The molecular weight excluding hydrogens is 531 g/mol. The maximum Gasteiger partial charge on any atom is 0.314 e. The highest BCUT2D eigenvalue weighted by Crippen LogP contribution is 2.41. The first-order chi connectivity index (χ1) is 19.2. The number of methoxy groups -OCH3 is 1. The average molecular weight is 570 g/mol. The van der Waals surface area contributed by atoms with Gasteiger partial charge in [-0.2, -0.15) is 0 Å². The molecule has 0 aliphatic carbocycles. The SMILES string of the molecule is COC(=O)[C@H](c1ccccc1)[C@H](C[Si](c1ccccc1)(c1ccccc1)C(C)(C)C)NS(=O)c1ccc(C)cc1. The van der Waals surface area contributed by atoms with E-state index in [2.05, 4.69) is 74.0 Å². The van der Waals surface area contributed by atoms with Crippen molar-refractivity contribution in [3.05, 3.63) is 126 Å². The van der Waals surface area contributed by atoms with Gasteiger partial charge in [0.1, 0.15) is 19.1 Å². The quantitative estimate of drug-likeness (QED) is 0.188. The number of rotatable bonds is 10. The zero-order chi connectivity index (χ0) is 28.8. The largest absolute Gasteiger partial charge is 0.469 e. The summed E-state index contributed by atoms with van der Waals surface area (Å²) >= 11 is 0. The first-order valence-electron chi connectivity index (χ1n) is 13.7. The van der Waals surface area contributed by atoms with Crippen LogP contribution in [0.2, 0.25) is 11.1 Å². The van der Waals surface area contributed by atoms with Gasteiger partial charge < -0.3 is 4.74 Å². The van der Waals surface area contributed by atoms with E-state index in [9.17, 15) is 9.00 Å². The van der Waals surface area contributed by atoms with Gasteiger partial charge in [0.05, 0.1) is 17.9 Å². The molecule has 1 unspecified atom stereocenters. The van der Waals surface area contributed by atoms with Crippen LogP contribution in [0.15, 0.2) is 120 Å². The van der Waals surface area contributed by atoms with Crippen molar-refractivity contribution in [2.45, 2.75) is 55.6 Å². The number of hydrogen-bond acceptors (Lipinski definition) is 3. The van der Waals surface area contributed by atoms with Gasteiger partial charge in [0.15, 0.2) is 0 Å². The molecule has 0 bridgehead atoms. The van der Waals surface area contributed by atoms with E-state index in [1.807, 2.05) is 73.7 Å². The molecule has 208 valence electrons. The molecule has 4 aromatic rings. The summed E-state index contributed by atoms with van der Waals surface area (Å²) < 4.78 is 22.7. The fraction of sp³-hybridized carbons (Fsp3) is 0.265. The van der Waals surface area contributed by atoms with Crippen LogP contribution in [0, 0.1) is 6.92 Å². The predicted molar refractivity (Wildman–Crippen MR) is 168 cm³/mol. The molecule has 0 aliphatic heterocycles. The van der Waals surface area contributed by atoms with Crippen molar-refractivity contribution in [1.82, 2.24) is 4.72 Å². The zero-order valence-corrected chi connectivity index (χ0v) is 25.8. The number of carbonyl (C=O) groups excluding carboxylic acids is 1. The zero-order valence-electron chi connectivity index (χ0n) is 24.0. The third-order valence-electron chi connectivity index (χ3n) is 7.85. The maximum atomic E-state index is 13.9.